The molecule has 6 heteroatoms. The van der Waals surface area contributed by atoms with Gasteiger partial charge in [-0.15, -0.1) is 10.2 Å². The summed E-state index contributed by atoms with van der Waals surface area (Å²) >= 11 is 0. The van der Waals surface area contributed by atoms with Crippen LogP contribution in [0.1, 0.15) is 23.5 Å². The standard InChI is InChI=1S/C10H12N6/c1-2-7-4-5-9(12-8(7)3-1)11-6-10-13-15-16-14-10/h4-5H,1-3,6H2,(H,11,12)(H,13,14,15,16). The summed E-state index contributed by atoms with van der Waals surface area (Å²) < 4.78 is 0. The van der Waals surface area contributed by atoms with Gasteiger partial charge in [0, 0.05) is 5.69 Å². The van der Waals surface area contributed by atoms with Crippen LogP contribution < -0.4 is 5.32 Å². The van der Waals surface area contributed by atoms with Crippen molar-refractivity contribution in [2.24, 2.45) is 0 Å². The number of pyridine rings is 1. The molecule has 82 valence electrons. The molecule has 0 aliphatic heterocycles. The lowest BCUT2D eigenvalue weighted by molar-refractivity contribution is 0.881. The third-order valence-corrected chi connectivity index (χ3v) is 2.74. The molecule has 0 atom stereocenters. The molecule has 2 aromatic rings. The Bertz CT molecular complexity index is 478. The number of nitrogens with one attached hydrogen (secondary N) is 2. The van der Waals surface area contributed by atoms with Gasteiger partial charge in [0.2, 0.25) is 0 Å². The molecule has 0 bridgehead atoms. The second kappa shape index (κ2) is 3.88. The van der Waals surface area contributed by atoms with Crippen LogP contribution in [0.15, 0.2) is 12.1 Å². The second-order valence-electron chi connectivity index (χ2n) is 3.84. The predicted molar refractivity (Wildman–Crippen MR) is 57.8 cm³/mol. The van der Waals surface area contributed by atoms with Gasteiger partial charge < -0.3 is 5.32 Å². The molecule has 2 aromatic heterocycles. The maximum Gasteiger partial charge on any atom is 0.193 e. The van der Waals surface area contributed by atoms with Crippen molar-refractivity contribution in [3.8, 4) is 0 Å². The smallest absolute Gasteiger partial charge is 0.193 e. The van der Waals surface area contributed by atoms with Gasteiger partial charge >= 0.3 is 0 Å². The summed E-state index contributed by atoms with van der Waals surface area (Å²) in [6.07, 6.45) is 3.47. The van der Waals surface area contributed by atoms with E-state index in [4.69, 9.17) is 0 Å². The Kier molecular flexibility index (Phi) is 2.25. The quantitative estimate of drug-likeness (QED) is 0.789. The van der Waals surface area contributed by atoms with Crippen molar-refractivity contribution in [1.82, 2.24) is 25.6 Å². The summed E-state index contributed by atoms with van der Waals surface area (Å²) in [4.78, 5) is 4.56. The fourth-order valence-electron chi connectivity index (χ4n) is 1.95. The van der Waals surface area contributed by atoms with Crippen LogP contribution in [-0.2, 0) is 19.4 Å². The second-order valence-corrected chi connectivity index (χ2v) is 3.84. The van der Waals surface area contributed by atoms with Gasteiger partial charge in [-0.1, -0.05) is 11.3 Å². The number of hydrogen-bond donors (Lipinski definition) is 2. The van der Waals surface area contributed by atoms with Crippen LogP contribution in [0.4, 0.5) is 5.82 Å². The van der Waals surface area contributed by atoms with E-state index in [1.807, 2.05) is 6.07 Å². The van der Waals surface area contributed by atoms with Crippen LogP contribution in [0.25, 0.3) is 0 Å². The molecule has 0 radical (unpaired) electrons. The number of H-pyrrole nitrogens is 1. The molecule has 0 aromatic carbocycles. The molecule has 0 unspecified atom stereocenters. The minimum atomic E-state index is 0.544. The van der Waals surface area contributed by atoms with Crippen LogP contribution >= 0.6 is 0 Å². The lowest BCUT2D eigenvalue weighted by atomic mass is 10.2. The normalized spacial score (nSPS) is 13.8. The number of hydrogen-bond acceptors (Lipinski definition) is 5. The summed E-state index contributed by atoms with van der Waals surface area (Å²) in [5.41, 5.74) is 2.60. The fourth-order valence-corrected chi connectivity index (χ4v) is 1.95. The van der Waals surface area contributed by atoms with Crippen molar-refractivity contribution in [3.63, 3.8) is 0 Å². The molecule has 0 saturated heterocycles. The minimum absolute atomic E-state index is 0.544. The third-order valence-electron chi connectivity index (χ3n) is 2.74. The van der Waals surface area contributed by atoms with E-state index < -0.39 is 0 Å². The van der Waals surface area contributed by atoms with Crippen molar-refractivity contribution in [1.29, 1.82) is 0 Å². The lowest BCUT2D eigenvalue weighted by Crippen LogP contribution is -2.04. The predicted octanol–water partition coefficient (Wildman–Crippen LogP) is 0.695. The highest BCUT2D eigenvalue weighted by molar-refractivity contribution is 5.40. The zero-order valence-electron chi connectivity index (χ0n) is 8.77. The first-order valence-corrected chi connectivity index (χ1v) is 5.37. The van der Waals surface area contributed by atoms with E-state index in [-0.39, 0.29) is 0 Å². The number of aromatic amines is 1. The molecule has 1 aliphatic rings. The molecule has 16 heavy (non-hydrogen) atoms. The molecule has 2 N–H and O–H groups in total. The van der Waals surface area contributed by atoms with Crippen LogP contribution in [-0.4, -0.2) is 25.6 Å². The number of aromatic nitrogens is 5. The average molecular weight is 216 g/mol. The van der Waals surface area contributed by atoms with Gasteiger partial charge in [-0.2, -0.15) is 5.21 Å². The van der Waals surface area contributed by atoms with Crippen LogP contribution in [0.2, 0.25) is 0 Å². The first-order chi connectivity index (χ1) is 7.92. The van der Waals surface area contributed by atoms with Gasteiger partial charge in [-0.3, -0.25) is 0 Å². The van der Waals surface area contributed by atoms with Gasteiger partial charge in [0.15, 0.2) is 5.82 Å². The van der Waals surface area contributed by atoms with E-state index in [9.17, 15) is 0 Å². The van der Waals surface area contributed by atoms with Crippen molar-refractivity contribution < 1.29 is 0 Å². The number of tetrazole rings is 1. The van der Waals surface area contributed by atoms with E-state index in [1.165, 1.54) is 17.7 Å². The third kappa shape index (κ3) is 1.73. The van der Waals surface area contributed by atoms with Gasteiger partial charge in [0.05, 0.1) is 6.54 Å². The minimum Gasteiger partial charge on any atom is -0.363 e. The van der Waals surface area contributed by atoms with Gasteiger partial charge in [0.1, 0.15) is 5.82 Å². The van der Waals surface area contributed by atoms with Crippen molar-refractivity contribution in [2.45, 2.75) is 25.8 Å². The zero-order valence-corrected chi connectivity index (χ0v) is 8.77. The van der Waals surface area contributed by atoms with Gasteiger partial charge in [-0.25, -0.2) is 4.98 Å². The maximum absolute atomic E-state index is 4.56. The van der Waals surface area contributed by atoms with E-state index in [1.54, 1.807) is 0 Å². The average Bonchev–Trinajstić information content (AvgIpc) is 2.97. The first kappa shape index (κ1) is 9.26. The van der Waals surface area contributed by atoms with E-state index in [0.717, 1.165) is 18.7 Å². The molecule has 1 aliphatic carbocycles. The first-order valence-electron chi connectivity index (χ1n) is 5.37. The molecule has 0 spiro atoms. The Hall–Kier alpha value is -1.98. The highest BCUT2D eigenvalue weighted by atomic mass is 15.5. The Morgan fingerprint density at radius 1 is 1.31 bits per heavy atom. The Balaban J connectivity index is 1.71. The monoisotopic (exact) mass is 216 g/mol. The molecular formula is C10H12N6. The largest absolute Gasteiger partial charge is 0.363 e. The van der Waals surface area contributed by atoms with Crippen LogP contribution in [0, 0.1) is 0 Å². The Labute approximate surface area is 92.5 Å². The van der Waals surface area contributed by atoms with Crippen LogP contribution in [0.5, 0.6) is 0 Å². The number of aryl methyl sites for hydroxylation is 2. The molecule has 2 heterocycles. The highest BCUT2D eigenvalue weighted by Crippen LogP contribution is 2.21. The Morgan fingerprint density at radius 2 is 2.31 bits per heavy atom. The fraction of sp³-hybridized carbons (Fsp3) is 0.400. The molecule has 0 saturated carbocycles. The summed E-state index contributed by atoms with van der Waals surface area (Å²) in [6, 6.07) is 4.15. The van der Waals surface area contributed by atoms with Gasteiger partial charge in [-0.05, 0) is 30.9 Å². The van der Waals surface area contributed by atoms with Crippen molar-refractivity contribution in [3.05, 3.63) is 29.2 Å². The van der Waals surface area contributed by atoms with Crippen LogP contribution in [0.3, 0.4) is 0 Å². The summed E-state index contributed by atoms with van der Waals surface area (Å²) in [5.74, 6) is 1.52. The van der Waals surface area contributed by atoms with Crippen molar-refractivity contribution in [2.75, 3.05) is 5.32 Å². The molecule has 6 nitrogen and oxygen atoms in total. The SMILES string of the molecule is c1cc2c(nc1NCc1nn[nH]n1)CCC2. The maximum atomic E-state index is 4.56. The van der Waals surface area contributed by atoms with Crippen molar-refractivity contribution >= 4 is 5.82 Å². The molecule has 0 fully saturated rings. The number of anilines is 1. The number of fused-ring (bicyclic) bond motifs is 1. The van der Waals surface area contributed by atoms with E-state index in [0.29, 0.717) is 12.4 Å². The molecular weight excluding hydrogens is 204 g/mol. The molecule has 3 rings (SSSR count). The summed E-state index contributed by atoms with van der Waals surface area (Å²) in [5, 5.41) is 16.8. The number of nitrogens with zero attached hydrogens (tertiary/aromatic N) is 4. The van der Waals surface area contributed by atoms with Gasteiger partial charge in [0.25, 0.3) is 0 Å². The highest BCUT2D eigenvalue weighted by Gasteiger charge is 2.12. The molecule has 0 amide bonds. The lowest BCUT2D eigenvalue weighted by Gasteiger charge is -2.04. The topological polar surface area (TPSA) is 79.4 Å². The number of rotatable bonds is 3. The summed E-state index contributed by atoms with van der Waals surface area (Å²) in [6.45, 7) is 0.544. The Morgan fingerprint density at radius 3 is 3.19 bits per heavy atom. The van der Waals surface area contributed by atoms with E-state index in [2.05, 4.69) is 37.0 Å². The summed E-state index contributed by atoms with van der Waals surface area (Å²) in [7, 11) is 0. The van der Waals surface area contributed by atoms with E-state index >= 15 is 0 Å². The zero-order chi connectivity index (χ0) is 10.8.